The highest BCUT2D eigenvalue weighted by Gasteiger charge is 2.29. The van der Waals surface area contributed by atoms with E-state index in [-0.39, 0.29) is 18.1 Å². The molecule has 0 aromatic heterocycles. The molecule has 2 rings (SSSR count). The van der Waals surface area contributed by atoms with E-state index in [4.69, 9.17) is 4.74 Å². The standard InChI is InChI=1S/C14H27N3O2/c1-4-16(13-5-6-15-7-13)10-14(18)17-8-11(2)19-12(3)9-17/h11-13,15H,4-10H2,1-3H3. The molecule has 19 heavy (non-hydrogen) atoms. The van der Waals surface area contributed by atoms with Gasteiger partial charge in [-0.2, -0.15) is 0 Å². The maximum absolute atomic E-state index is 12.4. The van der Waals surface area contributed by atoms with E-state index in [2.05, 4.69) is 17.1 Å². The number of hydrogen-bond acceptors (Lipinski definition) is 4. The minimum Gasteiger partial charge on any atom is -0.372 e. The monoisotopic (exact) mass is 269 g/mol. The lowest BCUT2D eigenvalue weighted by molar-refractivity contribution is -0.144. The van der Waals surface area contributed by atoms with Crippen LogP contribution in [0.3, 0.4) is 0 Å². The molecule has 5 nitrogen and oxygen atoms in total. The normalized spacial score (nSPS) is 32.0. The summed E-state index contributed by atoms with van der Waals surface area (Å²) in [6.07, 6.45) is 1.45. The van der Waals surface area contributed by atoms with Crippen LogP contribution in [0.2, 0.25) is 0 Å². The third-order valence-corrected chi connectivity index (χ3v) is 4.07. The lowest BCUT2D eigenvalue weighted by Gasteiger charge is -2.37. The fraction of sp³-hybridized carbons (Fsp3) is 0.929. The van der Waals surface area contributed by atoms with Crippen molar-refractivity contribution in [1.29, 1.82) is 0 Å². The van der Waals surface area contributed by atoms with E-state index in [9.17, 15) is 4.79 Å². The van der Waals surface area contributed by atoms with E-state index in [1.807, 2.05) is 18.7 Å². The van der Waals surface area contributed by atoms with Gasteiger partial charge in [-0.1, -0.05) is 6.92 Å². The Morgan fingerprint density at radius 3 is 2.58 bits per heavy atom. The predicted molar refractivity (Wildman–Crippen MR) is 75.1 cm³/mol. The van der Waals surface area contributed by atoms with Crippen molar-refractivity contribution in [2.24, 2.45) is 0 Å². The number of morpholine rings is 1. The van der Waals surface area contributed by atoms with E-state index < -0.39 is 0 Å². The van der Waals surface area contributed by atoms with Crippen LogP contribution >= 0.6 is 0 Å². The molecule has 0 aliphatic carbocycles. The number of ether oxygens (including phenoxy) is 1. The summed E-state index contributed by atoms with van der Waals surface area (Å²) in [6, 6.07) is 0.518. The molecular weight excluding hydrogens is 242 g/mol. The molecule has 3 atom stereocenters. The number of likely N-dealkylation sites (N-methyl/N-ethyl adjacent to an activating group) is 1. The zero-order valence-corrected chi connectivity index (χ0v) is 12.4. The van der Waals surface area contributed by atoms with Gasteiger partial charge in [0.25, 0.3) is 0 Å². The Bertz CT molecular complexity index is 295. The summed E-state index contributed by atoms with van der Waals surface area (Å²) in [4.78, 5) is 16.7. The molecule has 0 aromatic carbocycles. The van der Waals surface area contributed by atoms with Crippen LogP contribution < -0.4 is 5.32 Å². The Kier molecular flexibility index (Phi) is 5.19. The van der Waals surface area contributed by atoms with E-state index in [0.717, 1.165) is 39.1 Å². The fourth-order valence-corrected chi connectivity index (χ4v) is 3.11. The van der Waals surface area contributed by atoms with Gasteiger partial charge in [-0.15, -0.1) is 0 Å². The SMILES string of the molecule is CCN(CC(=O)N1CC(C)OC(C)C1)C1CCNC1. The summed E-state index contributed by atoms with van der Waals surface area (Å²) in [7, 11) is 0. The van der Waals surface area contributed by atoms with Crippen LogP contribution in [0.15, 0.2) is 0 Å². The van der Waals surface area contributed by atoms with Gasteiger partial charge < -0.3 is 15.0 Å². The molecule has 2 aliphatic heterocycles. The van der Waals surface area contributed by atoms with Crippen LogP contribution in [0.4, 0.5) is 0 Å². The van der Waals surface area contributed by atoms with Crippen LogP contribution in [-0.2, 0) is 9.53 Å². The van der Waals surface area contributed by atoms with Crippen molar-refractivity contribution in [3.63, 3.8) is 0 Å². The molecule has 0 radical (unpaired) electrons. The highest BCUT2D eigenvalue weighted by atomic mass is 16.5. The first-order chi connectivity index (χ1) is 9.10. The van der Waals surface area contributed by atoms with Gasteiger partial charge in [-0.3, -0.25) is 9.69 Å². The molecule has 0 aromatic rings. The van der Waals surface area contributed by atoms with Gasteiger partial charge in [0.2, 0.25) is 5.91 Å². The average Bonchev–Trinajstić information content (AvgIpc) is 2.88. The van der Waals surface area contributed by atoms with Crippen molar-refractivity contribution in [3.8, 4) is 0 Å². The Hall–Kier alpha value is -0.650. The number of carbonyl (C=O) groups excluding carboxylic acids is 1. The number of amides is 1. The highest BCUT2D eigenvalue weighted by molar-refractivity contribution is 5.78. The third kappa shape index (κ3) is 3.91. The first-order valence-corrected chi connectivity index (χ1v) is 7.48. The number of nitrogens with zero attached hydrogens (tertiary/aromatic N) is 2. The molecule has 2 heterocycles. The molecular formula is C14H27N3O2. The van der Waals surface area contributed by atoms with Crippen molar-refractivity contribution < 1.29 is 9.53 Å². The maximum Gasteiger partial charge on any atom is 0.236 e. The van der Waals surface area contributed by atoms with Crippen LogP contribution in [0.5, 0.6) is 0 Å². The third-order valence-electron chi connectivity index (χ3n) is 4.07. The first kappa shape index (κ1) is 14.8. The minimum absolute atomic E-state index is 0.149. The molecule has 0 bridgehead atoms. The van der Waals surface area contributed by atoms with Gasteiger partial charge in [0.05, 0.1) is 18.8 Å². The second-order valence-electron chi connectivity index (χ2n) is 5.77. The lowest BCUT2D eigenvalue weighted by atomic mass is 10.2. The van der Waals surface area contributed by atoms with Crippen LogP contribution in [-0.4, -0.2) is 73.2 Å². The van der Waals surface area contributed by atoms with Crippen LogP contribution in [0.1, 0.15) is 27.2 Å². The number of hydrogen-bond donors (Lipinski definition) is 1. The molecule has 0 saturated carbocycles. The molecule has 5 heteroatoms. The topological polar surface area (TPSA) is 44.8 Å². The Labute approximate surface area is 116 Å². The summed E-state index contributed by atoms with van der Waals surface area (Å²) in [5, 5.41) is 3.37. The van der Waals surface area contributed by atoms with Crippen LogP contribution in [0, 0.1) is 0 Å². The summed E-state index contributed by atoms with van der Waals surface area (Å²) in [5.41, 5.74) is 0. The fourth-order valence-electron chi connectivity index (χ4n) is 3.11. The second kappa shape index (κ2) is 6.68. The zero-order chi connectivity index (χ0) is 13.8. The molecule has 2 aliphatic rings. The Morgan fingerprint density at radius 2 is 2.05 bits per heavy atom. The largest absolute Gasteiger partial charge is 0.372 e. The molecule has 110 valence electrons. The van der Waals surface area contributed by atoms with E-state index in [0.29, 0.717) is 12.6 Å². The van der Waals surface area contributed by atoms with Crippen molar-refractivity contribution in [3.05, 3.63) is 0 Å². The quantitative estimate of drug-likeness (QED) is 0.797. The summed E-state index contributed by atoms with van der Waals surface area (Å²) >= 11 is 0. The zero-order valence-electron chi connectivity index (χ0n) is 12.4. The number of carbonyl (C=O) groups is 1. The smallest absolute Gasteiger partial charge is 0.236 e. The van der Waals surface area contributed by atoms with Crippen molar-refractivity contribution in [1.82, 2.24) is 15.1 Å². The van der Waals surface area contributed by atoms with Gasteiger partial charge in [0.15, 0.2) is 0 Å². The summed E-state index contributed by atoms with van der Waals surface area (Å²) in [6.45, 7) is 11.2. The molecule has 2 saturated heterocycles. The number of rotatable bonds is 4. The highest BCUT2D eigenvalue weighted by Crippen LogP contribution is 2.13. The predicted octanol–water partition coefficient (Wildman–Crippen LogP) is 0.306. The average molecular weight is 269 g/mol. The van der Waals surface area contributed by atoms with Gasteiger partial charge in [-0.25, -0.2) is 0 Å². The van der Waals surface area contributed by atoms with Crippen molar-refractivity contribution in [2.45, 2.75) is 45.4 Å². The molecule has 2 fully saturated rings. The number of nitrogens with one attached hydrogen (secondary N) is 1. The Balaban J connectivity index is 1.87. The molecule has 0 spiro atoms. The van der Waals surface area contributed by atoms with Crippen LogP contribution in [0.25, 0.3) is 0 Å². The van der Waals surface area contributed by atoms with Gasteiger partial charge in [0, 0.05) is 25.7 Å². The molecule has 1 N–H and O–H groups in total. The maximum atomic E-state index is 12.4. The van der Waals surface area contributed by atoms with E-state index in [1.54, 1.807) is 0 Å². The lowest BCUT2D eigenvalue weighted by Crippen LogP contribution is -2.52. The van der Waals surface area contributed by atoms with Gasteiger partial charge in [-0.05, 0) is 33.4 Å². The second-order valence-corrected chi connectivity index (χ2v) is 5.77. The van der Waals surface area contributed by atoms with Gasteiger partial charge in [0.1, 0.15) is 0 Å². The summed E-state index contributed by atoms with van der Waals surface area (Å²) < 4.78 is 5.68. The first-order valence-electron chi connectivity index (χ1n) is 7.48. The minimum atomic E-state index is 0.149. The molecule has 1 amide bonds. The van der Waals surface area contributed by atoms with Gasteiger partial charge >= 0.3 is 0 Å². The van der Waals surface area contributed by atoms with Crippen molar-refractivity contribution in [2.75, 3.05) is 39.3 Å². The Morgan fingerprint density at radius 1 is 1.37 bits per heavy atom. The summed E-state index contributed by atoms with van der Waals surface area (Å²) in [5.74, 6) is 0.246. The van der Waals surface area contributed by atoms with Crippen molar-refractivity contribution >= 4 is 5.91 Å². The van der Waals surface area contributed by atoms with E-state index in [1.165, 1.54) is 0 Å². The molecule has 3 unspecified atom stereocenters. The van der Waals surface area contributed by atoms with E-state index >= 15 is 0 Å².